The zero-order valence-corrected chi connectivity index (χ0v) is 15.4. The molecule has 0 rings (SSSR count). The van der Waals surface area contributed by atoms with Crippen LogP contribution in [0.15, 0.2) is 0 Å². The Bertz CT molecular complexity index is 169. The van der Waals surface area contributed by atoms with Gasteiger partial charge in [0.25, 0.3) is 0 Å². The fourth-order valence-electron chi connectivity index (χ4n) is 3.19. The van der Waals surface area contributed by atoms with Crippen LogP contribution < -0.4 is 0 Å². The lowest BCUT2D eigenvalue weighted by molar-refractivity contribution is 0.209. The Kier molecular flexibility index (Phi) is 14.6. The summed E-state index contributed by atoms with van der Waals surface area (Å²) < 4.78 is 0. The molecule has 0 aromatic rings. The molecule has 0 heterocycles. The van der Waals surface area contributed by atoms with Crippen LogP contribution in [0.3, 0.4) is 0 Å². The molecule has 118 valence electrons. The van der Waals surface area contributed by atoms with E-state index in [-0.39, 0.29) is 0 Å². The van der Waals surface area contributed by atoms with Crippen LogP contribution in [0.2, 0.25) is 0 Å². The Morgan fingerprint density at radius 1 is 0.737 bits per heavy atom. The van der Waals surface area contributed by atoms with Gasteiger partial charge in [-0.25, -0.2) is 0 Å². The van der Waals surface area contributed by atoms with Crippen molar-refractivity contribution in [3.63, 3.8) is 0 Å². The van der Waals surface area contributed by atoms with E-state index in [0.717, 1.165) is 29.6 Å². The minimum Gasteiger partial charge on any atom is -0.0683 e. The zero-order valence-electron chi connectivity index (χ0n) is 15.4. The van der Waals surface area contributed by atoms with E-state index in [9.17, 15) is 0 Å². The lowest BCUT2D eigenvalue weighted by Gasteiger charge is -2.30. The van der Waals surface area contributed by atoms with E-state index < -0.39 is 0 Å². The van der Waals surface area contributed by atoms with Crippen LogP contribution in [0.25, 0.3) is 0 Å². The average Bonchev–Trinajstić information content (AvgIpc) is 2.36. The summed E-state index contributed by atoms with van der Waals surface area (Å²) in [6, 6.07) is 0. The number of hydrogen-bond donors (Lipinski definition) is 0. The Morgan fingerprint density at radius 3 is 1.58 bits per heavy atom. The molecule has 3 atom stereocenters. The second-order valence-corrected chi connectivity index (χ2v) is 6.80. The normalized spacial score (nSPS) is 15.9. The highest BCUT2D eigenvalue weighted by atomic mass is 14.3. The maximum absolute atomic E-state index is 2.49. The number of hydrogen-bond acceptors (Lipinski definition) is 0. The molecular weight excluding hydrogens is 228 g/mol. The smallest absolute Gasteiger partial charge is 0.0386 e. The van der Waals surface area contributed by atoms with Crippen LogP contribution in [0.4, 0.5) is 0 Å². The maximum atomic E-state index is 2.49. The molecule has 0 saturated heterocycles. The van der Waals surface area contributed by atoms with E-state index in [2.05, 4.69) is 48.5 Å². The molecule has 0 heteroatoms. The Balaban J connectivity index is 0. The summed E-state index contributed by atoms with van der Waals surface area (Å²) in [6.45, 7) is 20.7. The fourth-order valence-corrected chi connectivity index (χ4v) is 3.19. The van der Waals surface area contributed by atoms with Crippen LogP contribution in [0.5, 0.6) is 0 Å². The van der Waals surface area contributed by atoms with Crippen LogP contribution in [-0.4, -0.2) is 0 Å². The van der Waals surface area contributed by atoms with Crippen molar-refractivity contribution in [1.82, 2.24) is 0 Å². The molecule has 3 unspecified atom stereocenters. The lowest BCUT2D eigenvalue weighted by atomic mass is 9.76. The van der Waals surface area contributed by atoms with E-state index in [4.69, 9.17) is 0 Å². The van der Waals surface area contributed by atoms with Gasteiger partial charge in [0, 0.05) is 0 Å². The topological polar surface area (TPSA) is 0 Å². The molecule has 0 saturated carbocycles. The molecule has 0 amide bonds. The predicted molar refractivity (Wildman–Crippen MR) is 91.6 cm³/mol. The van der Waals surface area contributed by atoms with Crippen molar-refractivity contribution in [1.29, 1.82) is 0 Å². The molecular formula is C19H42. The quantitative estimate of drug-likeness (QED) is 0.416. The van der Waals surface area contributed by atoms with Gasteiger partial charge >= 0.3 is 0 Å². The van der Waals surface area contributed by atoms with Crippen molar-refractivity contribution in [3.05, 3.63) is 0 Å². The van der Waals surface area contributed by atoms with Gasteiger partial charge in [0.05, 0.1) is 0 Å². The fraction of sp³-hybridized carbons (Fsp3) is 1.00. The van der Waals surface area contributed by atoms with Gasteiger partial charge in [0.1, 0.15) is 0 Å². The van der Waals surface area contributed by atoms with Gasteiger partial charge in [-0.3, -0.25) is 0 Å². The van der Waals surface area contributed by atoms with E-state index in [0.29, 0.717) is 0 Å². The second kappa shape index (κ2) is 13.0. The first-order valence-electron chi connectivity index (χ1n) is 8.92. The third kappa shape index (κ3) is 10.4. The van der Waals surface area contributed by atoms with Gasteiger partial charge in [0.2, 0.25) is 0 Å². The largest absolute Gasteiger partial charge is 0.0683 e. The van der Waals surface area contributed by atoms with Crippen LogP contribution in [0, 0.1) is 29.6 Å². The summed E-state index contributed by atoms with van der Waals surface area (Å²) >= 11 is 0. The van der Waals surface area contributed by atoms with Gasteiger partial charge in [-0.2, -0.15) is 0 Å². The zero-order chi connectivity index (χ0) is 15.4. The summed E-state index contributed by atoms with van der Waals surface area (Å²) in [4.78, 5) is 0. The maximum Gasteiger partial charge on any atom is -0.0386 e. The molecule has 0 bridgehead atoms. The molecule has 0 aliphatic rings. The Morgan fingerprint density at radius 2 is 1.26 bits per heavy atom. The molecule has 0 aromatic heterocycles. The second-order valence-electron chi connectivity index (χ2n) is 6.80. The van der Waals surface area contributed by atoms with Gasteiger partial charge in [-0.05, 0) is 42.4 Å². The third-order valence-electron chi connectivity index (χ3n) is 4.38. The van der Waals surface area contributed by atoms with Crippen molar-refractivity contribution < 1.29 is 0 Å². The molecule has 0 spiro atoms. The summed E-state index contributed by atoms with van der Waals surface area (Å²) in [5.41, 5.74) is 0. The average molecular weight is 271 g/mol. The molecule has 0 aliphatic heterocycles. The molecule has 0 fully saturated rings. The van der Waals surface area contributed by atoms with E-state index in [1.165, 1.54) is 32.1 Å². The van der Waals surface area contributed by atoms with Crippen LogP contribution in [0.1, 0.15) is 94.4 Å². The first-order valence-corrected chi connectivity index (χ1v) is 8.92. The van der Waals surface area contributed by atoms with Gasteiger partial charge in [0.15, 0.2) is 0 Å². The van der Waals surface area contributed by atoms with Crippen molar-refractivity contribution in [2.24, 2.45) is 29.6 Å². The number of rotatable bonds is 9. The Labute approximate surface area is 124 Å². The summed E-state index contributed by atoms with van der Waals surface area (Å²) in [6.07, 6.45) is 6.98. The Hall–Kier alpha value is 0. The van der Waals surface area contributed by atoms with Gasteiger partial charge < -0.3 is 0 Å². The first kappa shape index (κ1) is 21.3. The van der Waals surface area contributed by atoms with Crippen molar-refractivity contribution in [2.75, 3.05) is 0 Å². The van der Waals surface area contributed by atoms with E-state index in [1.807, 2.05) is 13.8 Å². The highest BCUT2D eigenvalue weighted by molar-refractivity contribution is 4.73. The van der Waals surface area contributed by atoms with Crippen molar-refractivity contribution >= 4 is 0 Å². The SMILES string of the molecule is CC.CCCC(CC(C)C)C(C)CC(CC)C(C)C. The third-order valence-corrected chi connectivity index (χ3v) is 4.38. The highest BCUT2D eigenvalue weighted by Crippen LogP contribution is 2.32. The molecule has 0 aromatic carbocycles. The van der Waals surface area contributed by atoms with E-state index >= 15 is 0 Å². The first-order chi connectivity index (χ1) is 8.92. The van der Waals surface area contributed by atoms with E-state index in [1.54, 1.807) is 0 Å². The van der Waals surface area contributed by atoms with Crippen molar-refractivity contribution in [3.8, 4) is 0 Å². The van der Waals surface area contributed by atoms with Crippen LogP contribution >= 0.6 is 0 Å². The van der Waals surface area contributed by atoms with Gasteiger partial charge in [-0.1, -0.05) is 81.6 Å². The molecule has 0 radical (unpaired) electrons. The van der Waals surface area contributed by atoms with Crippen LogP contribution in [-0.2, 0) is 0 Å². The standard InChI is InChI=1S/C17H36.C2H6/c1-8-10-17(11-13(3)4)15(7)12-16(9-2)14(5)6;1-2/h13-17H,8-12H2,1-7H3;1-2H3. The minimum atomic E-state index is 0.851. The summed E-state index contributed by atoms with van der Waals surface area (Å²) in [5.74, 6) is 4.49. The molecule has 0 aliphatic carbocycles. The van der Waals surface area contributed by atoms with Gasteiger partial charge in [-0.15, -0.1) is 0 Å². The lowest BCUT2D eigenvalue weighted by Crippen LogP contribution is -2.20. The highest BCUT2D eigenvalue weighted by Gasteiger charge is 2.22. The molecule has 0 nitrogen and oxygen atoms in total. The van der Waals surface area contributed by atoms with Crippen molar-refractivity contribution in [2.45, 2.75) is 94.4 Å². The monoisotopic (exact) mass is 270 g/mol. The summed E-state index contributed by atoms with van der Waals surface area (Å²) in [7, 11) is 0. The predicted octanol–water partition coefficient (Wildman–Crippen LogP) is 7.18. The molecule has 0 N–H and O–H groups in total. The minimum absolute atomic E-state index is 0.851. The summed E-state index contributed by atoms with van der Waals surface area (Å²) in [5, 5.41) is 0. The molecule has 19 heavy (non-hydrogen) atoms.